The number of halogens is 1. The van der Waals surface area contributed by atoms with E-state index in [-0.39, 0.29) is 11.8 Å². The van der Waals surface area contributed by atoms with E-state index in [9.17, 15) is 9.59 Å². The number of ether oxygens (including phenoxy) is 2. The summed E-state index contributed by atoms with van der Waals surface area (Å²) in [7, 11) is 3.02. The number of hydrogen-bond acceptors (Lipinski definition) is 4. The highest BCUT2D eigenvalue weighted by atomic mass is 35.5. The molecule has 0 bridgehead atoms. The molecule has 1 N–H and O–H groups in total. The molecule has 1 heterocycles. The lowest BCUT2D eigenvalue weighted by molar-refractivity contribution is -0.117. The largest absolute Gasteiger partial charge is 0.493 e. The number of amides is 2. The van der Waals surface area contributed by atoms with Gasteiger partial charge in [-0.15, -0.1) is 0 Å². The molecular weight excluding hydrogens is 356 g/mol. The summed E-state index contributed by atoms with van der Waals surface area (Å²) < 4.78 is 10.4. The average Bonchev–Trinajstić information content (AvgIpc) is 3.09. The number of nitrogens with one attached hydrogen (secondary N) is 1. The number of methoxy groups -OCH3 is 2. The van der Waals surface area contributed by atoms with Gasteiger partial charge >= 0.3 is 0 Å². The average molecular weight is 375 g/mol. The van der Waals surface area contributed by atoms with Crippen molar-refractivity contribution in [2.75, 3.05) is 31.0 Å². The Kier molecular flexibility index (Phi) is 5.32. The first-order valence-corrected chi connectivity index (χ1v) is 8.54. The second kappa shape index (κ2) is 7.66. The molecule has 1 aliphatic heterocycles. The Bertz CT molecular complexity index is 853. The molecule has 136 valence electrons. The molecular formula is C19H19ClN2O4. The van der Waals surface area contributed by atoms with Crippen LogP contribution in [0, 0.1) is 0 Å². The third kappa shape index (κ3) is 3.60. The molecule has 2 amide bonds. The van der Waals surface area contributed by atoms with Crippen molar-refractivity contribution in [1.29, 1.82) is 0 Å². The maximum absolute atomic E-state index is 12.6. The summed E-state index contributed by atoms with van der Waals surface area (Å²) in [5.41, 5.74) is 1.57. The number of benzene rings is 2. The zero-order valence-corrected chi connectivity index (χ0v) is 15.3. The highest BCUT2D eigenvalue weighted by molar-refractivity contribution is 6.34. The van der Waals surface area contributed by atoms with Crippen molar-refractivity contribution in [1.82, 2.24) is 0 Å². The summed E-state index contributed by atoms with van der Waals surface area (Å²) in [6.45, 7) is 0.672. The van der Waals surface area contributed by atoms with Crippen LogP contribution in [0.2, 0.25) is 5.02 Å². The van der Waals surface area contributed by atoms with E-state index in [1.807, 2.05) is 6.07 Å². The zero-order chi connectivity index (χ0) is 18.7. The quantitative estimate of drug-likeness (QED) is 0.865. The van der Waals surface area contributed by atoms with E-state index >= 15 is 0 Å². The van der Waals surface area contributed by atoms with Crippen LogP contribution in [0.5, 0.6) is 11.5 Å². The lowest BCUT2D eigenvalue weighted by Crippen LogP contribution is -2.24. The highest BCUT2D eigenvalue weighted by Gasteiger charge is 2.22. The predicted octanol–water partition coefficient (Wildman–Crippen LogP) is 3.74. The van der Waals surface area contributed by atoms with Crippen LogP contribution in [0.25, 0.3) is 0 Å². The normalized spacial score (nSPS) is 13.7. The molecule has 2 aromatic rings. The van der Waals surface area contributed by atoms with Gasteiger partial charge in [0.25, 0.3) is 5.91 Å². The molecule has 0 aliphatic carbocycles. The van der Waals surface area contributed by atoms with Crippen molar-refractivity contribution in [3.05, 3.63) is 47.0 Å². The van der Waals surface area contributed by atoms with E-state index in [1.165, 1.54) is 14.2 Å². The van der Waals surface area contributed by atoms with E-state index in [1.54, 1.807) is 35.2 Å². The van der Waals surface area contributed by atoms with Crippen LogP contribution < -0.4 is 19.7 Å². The van der Waals surface area contributed by atoms with Crippen molar-refractivity contribution >= 4 is 34.8 Å². The number of carbonyl (C=O) groups is 2. The number of nitrogens with zero attached hydrogens (tertiary/aromatic N) is 1. The molecule has 2 aromatic carbocycles. The van der Waals surface area contributed by atoms with Crippen LogP contribution in [0.15, 0.2) is 36.4 Å². The number of rotatable bonds is 5. The predicted molar refractivity (Wildman–Crippen MR) is 101 cm³/mol. The minimum Gasteiger partial charge on any atom is -0.493 e. The van der Waals surface area contributed by atoms with Crippen LogP contribution in [0.4, 0.5) is 11.4 Å². The van der Waals surface area contributed by atoms with Gasteiger partial charge in [-0.1, -0.05) is 17.7 Å². The molecule has 0 radical (unpaired) electrons. The summed E-state index contributed by atoms with van der Waals surface area (Å²) in [6.07, 6.45) is 1.37. The summed E-state index contributed by atoms with van der Waals surface area (Å²) in [5.74, 6) is 0.687. The van der Waals surface area contributed by atoms with Gasteiger partial charge in [-0.05, 0) is 24.6 Å². The van der Waals surface area contributed by atoms with Gasteiger partial charge in [0.05, 0.1) is 24.9 Å². The third-order valence-electron chi connectivity index (χ3n) is 4.21. The van der Waals surface area contributed by atoms with Gasteiger partial charge in [0.15, 0.2) is 11.5 Å². The lowest BCUT2D eigenvalue weighted by Gasteiger charge is -2.17. The highest BCUT2D eigenvalue weighted by Crippen LogP contribution is 2.36. The Labute approximate surface area is 156 Å². The fourth-order valence-corrected chi connectivity index (χ4v) is 3.08. The summed E-state index contributed by atoms with van der Waals surface area (Å²) >= 11 is 6.22. The molecule has 26 heavy (non-hydrogen) atoms. The maximum Gasteiger partial charge on any atom is 0.255 e. The Balaban J connectivity index is 1.83. The minimum absolute atomic E-state index is 0.0745. The Morgan fingerprint density at radius 2 is 1.88 bits per heavy atom. The topological polar surface area (TPSA) is 67.9 Å². The Morgan fingerprint density at radius 3 is 2.54 bits per heavy atom. The standard InChI is InChI=1S/C19H19ClN2O4/c1-25-16-10-14(20)15(11-17(16)26-2)21-19(24)12-5-3-6-13(9-12)22-8-4-7-18(22)23/h3,5-6,9-11H,4,7-8H2,1-2H3,(H,21,24). The minimum atomic E-state index is -0.326. The monoisotopic (exact) mass is 374 g/mol. The van der Waals surface area contributed by atoms with Crippen LogP contribution >= 0.6 is 11.6 Å². The number of hydrogen-bond donors (Lipinski definition) is 1. The summed E-state index contributed by atoms with van der Waals surface area (Å²) in [4.78, 5) is 26.2. The fraction of sp³-hybridized carbons (Fsp3) is 0.263. The van der Waals surface area contributed by atoms with Crippen LogP contribution in [0.3, 0.4) is 0 Å². The zero-order valence-electron chi connectivity index (χ0n) is 14.5. The second-order valence-corrected chi connectivity index (χ2v) is 6.25. The lowest BCUT2D eigenvalue weighted by atomic mass is 10.1. The molecule has 0 atom stereocenters. The third-order valence-corrected chi connectivity index (χ3v) is 4.53. The Hall–Kier alpha value is -2.73. The fourth-order valence-electron chi connectivity index (χ4n) is 2.88. The van der Waals surface area contributed by atoms with Crippen molar-refractivity contribution in [2.24, 2.45) is 0 Å². The van der Waals surface area contributed by atoms with E-state index in [0.717, 1.165) is 12.1 Å². The van der Waals surface area contributed by atoms with Crippen molar-refractivity contribution in [3.63, 3.8) is 0 Å². The molecule has 7 heteroatoms. The Morgan fingerprint density at radius 1 is 1.15 bits per heavy atom. The van der Waals surface area contributed by atoms with E-state index in [2.05, 4.69) is 5.32 Å². The van der Waals surface area contributed by atoms with Crippen molar-refractivity contribution in [3.8, 4) is 11.5 Å². The molecule has 1 saturated heterocycles. The van der Waals surface area contributed by atoms with Gasteiger partial charge in [0.1, 0.15) is 0 Å². The molecule has 3 rings (SSSR count). The maximum atomic E-state index is 12.6. The van der Waals surface area contributed by atoms with Crippen molar-refractivity contribution < 1.29 is 19.1 Å². The molecule has 1 fully saturated rings. The molecule has 6 nitrogen and oxygen atoms in total. The van der Waals surface area contributed by atoms with E-state index in [0.29, 0.717) is 40.7 Å². The smallest absolute Gasteiger partial charge is 0.255 e. The molecule has 0 saturated carbocycles. The molecule has 0 unspecified atom stereocenters. The van der Waals surface area contributed by atoms with E-state index in [4.69, 9.17) is 21.1 Å². The number of carbonyl (C=O) groups excluding carboxylic acids is 2. The van der Waals surface area contributed by atoms with E-state index < -0.39 is 0 Å². The van der Waals surface area contributed by atoms with Crippen molar-refractivity contribution in [2.45, 2.75) is 12.8 Å². The van der Waals surface area contributed by atoms with Crippen LogP contribution in [-0.2, 0) is 4.79 Å². The van der Waals surface area contributed by atoms with Crippen LogP contribution in [0.1, 0.15) is 23.2 Å². The molecule has 0 aromatic heterocycles. The van der Waals surface area contributed by atoms with Crippen LogP contribution in [-0.4, -0.2) is 32.6 Å². The first-order chi connectivity index (χ1) is 12.5. The first-order valence-electron chi connectivity index (χ1n) is 8.17. The summed E-state index contributed by atoms with van der Waals surface area (Å²) in [6, 6.07) is 10.2. The van der Waals surface area contributed by atoms with Gasteiger partial charge < -0.3 is 19.7 Å². The van der Waals surface area contributed by atoms with Gasteiger partial charge in [0, 0.05) is 36.3 Å². The van der Waals surface area contributed by atoms with Gasteiger partial charge in [-0.3, -0.25) is 9.59 Å². The second-order valence-electron chi connectivity index (χ2n) is 5.84. The first kappa shape index (κ1) is 18.1. The van der Waals surface area contributed by atoms with Gasteiger partial charge in [0.2, 0.25) is 5.91 Å². The molecule has 1 aliphatic rings. The van der Waals surface area contributed by atoms with Gasteiger partial charge in [-0.2, -0.15) is 0 Å². The molecule has 0 spiro atoms. The SMILES string of the molecule is COc1cc(Cl)c(NC(=O)c2cccc(N3CCCC3=O)c2)cc1OC. The summed E-state index contributed by atoms with van der Waals surface area (Å²) in [5, 5.41) is 3.11. The number of anilines is 2. The van der Waals surface area contributed by atoms with Gasteiger partial charge in [-0.25, -0.2) is 0 Å².